The largest absolute Gasteiger partial charge is 0.341 e. The number of para-hydroxylation sites is 1. The minimum absolute atomic E-state index is 0.126. The molecule has 0 radical (unpaired) electrons. The van der Waals surface area contributed by atoms with E-state index in [9.17, 15) is 17.6 Å². The average molecular weight is 357 g/mol. The van der Waals surface area contributed by atoms with Gasteiger partial charge in [-0.05, 0) is 25.0 Å². The van der Waals surface area contributed by atoms with Gasteiger partial charge in [-0.2, -0.15) is 12.7 Å². The second-order valence-electron chi connectivity index (χ2n) is 6.19. The fourth-order valence-corrected chi connectivity index (χ4v) is 3.94. The Morgan fingerprint density at radius 2 is 1.75 bits per heavy atom. The number of likely N-dealkylation sites (N-methyl/N-ethyl adjacent to an activating group) is 1. The monoisotopic (exact) mass is 357 g/mol. The van der Waals surface area contributed by atoms with E-state index in [2.05, 4.69) is 0 Å². The third-order valence-corrected chi connectivity index (χ3v) is 6.21. The summed E-state index contributed by atoms with van der Waals surface area (Å²) in [5.74, 6) is -1.02. The highest BCUT2D eigenvalue weighted by atomic mass is 32.2. The van der Waals surface area contributed by atoms with Gasteiger partial charge in [-0.1, -0.05) is 25.0 Å². The lowest BCUT2D eigenvalue weighted by Crippen LogP contribution is -2.48. The van der Waals surface area contributed by atoms with Gasteiger partial charge in [-0.3, -0.25) is 4.79 Å². The van der Waals surface area contributed by atoms with Crippen molar-refractivity contribution in [2.75, 3.05) is 32.0 Å². The van der Waals surface area contributed by atoms with Crippen LogP contribution in [0.1, 0.15) is 25.7 Å². The predicted octanol–water partition coefficient (Wildman–Crippen LogP) is 1.84. The molecule has 134 valence electrons. The zero-order chi connectivity index (χ0) is 17.9. The molecule has 0 saturated heterocycles. The topological polar surface area (TPSA) is 60.9 Å². The lowest BCUT2D eigenvalue weighted by atomic mass is 10.2. The van der Waals surface area contributed by atoms with E-state index in [1.54, 1.807) is 18.0 Å². The summed E-state index contributed by atoms with van der Waals surface area (Å²) in [6.45, 7) is -0.422. The van der Waals surface area contributed by atoms with Gasteiger partial charge < -0.3 is 4.90 Å². The van der Waals surface area contributed by atoms with Crippen LogP contribution in [-0.4, -0.2) is 57.3 Å². The number of amides is 1. The van der Waals surface area contributed by atoms with Crippen molar-refractivity contribution >= 4 is 21.8 Å². The van der Waals surface area contributed by atoms with E-state index < -0.39 is 22.6 Å². The molecule has 8 heteroatoms. The van der Waals surface area contributed by atoms with Crippen molar-refractivity contribution in [2.24, 2.45) is 0 Å². The molecule has 0 heterocycles. The maximum Gasteiger partial charge on any atom is 0.304 e. The Balaban J connectivity index is 2.30. The molecule has 1 aliphatic carbocycles. The fraction of sp³-hybridized carbons (Fsp3) is 0.562. The smallest absolute Gasteiger partial charge is 0.304 e. The molecule has 1 amide bonds. The van der Waals surface area contributed by atoms with E-state index in [1.165, 1.54) is 32.3 Å². The SMILES string of the molecule is CN(C(=O)CN(c1ccccc1F)S(=O)(=O)N(C)C)C1CCCC1. The Bertz CT molecular complexity index is 688. The molecule has 0 spiro atoms. The van der Waals surface area contributed by atoms with Gasteiger partial charge in [-0.15, -0.1) is 0 Å². The van der Waals surface area contributed by atoms with Crippen molar-refractivity contribution in [1.29, 1.82) is 0 Å². The Kier molecular flexibility index (Phi) is 5.82. The van der Waals surface area contributed by atoms with Crippen LogP contribution in [0.25, 0.3) is 0 Å². The lowest BCUT2D eigenvalue weighted by molar-refractivity contribution is -0.130. The van der Waals surface area contributed by atoms with E-state index >= 15 is 0 Å². The van der Waals surface area contributed by atoms with Gasteiger partial charge in [0.15, 0.2) is 0 Å². The average Bonchev–Trinajstić information content (AvgIpc) is 3.06. The third kappa shape index (κ3) is 3.87. The van der Waals surface area contributed by atoms with E-state index in [-0.39, 0.29) is 17.6 Å². The van der Waals surface area contributed by atoms with Crippen LogP contribution >= 0.6 is 0 Å². The second kappa shape index (κ2) is 7.48. The van der Waals surface area contributed by atoms with Crippen LogP contribution in [-0.2, 0) is 15.0 Å². The zero-order valence-corrected chi connectivity index (χ0v) is 15.1. The van der Waals surface area contributed by atoms with Crippen LogP contribution in [0.3, 0.4) is 0 Å². The van der Waals surface area contributed by atoms with Crippen LogP contribution in [0.4, 0.5) is 10.1 Å². The molecule has 1 aliphatic rings. The van der Waals surface area contributed by atoms with Crippen LogP contribution in [0, 0.1) is 5.82 Å². The van der Waals surface area contributed by atoms with Gasteiger partial charge in [-0.25, -0.2) is 8.70 Å². The molecule has 6 nitrogen and oxygen atoms in total. The standard InChI is InChI=1S/C16H24FN3O3S/c1-18(2)24(22,23)20(15-11-7-6-10-14(15)17)12-16(21)19(3)13-8-4-5-9-13/h6-7,10-11,13H,4-5,8-9,12H2,1-3H3. The quantitative estimate of drug-likeness (QED) is 0.780. The second-order valence-corrected chi connectivity index (χ2v) is 8.26. The first kappa shape index (κ1) is 18.7. The Hall–Kier alpha value is -1.67. The number of hydrogen-bond acceptors (Lipinski definition) is 3. The van der Waals surface area contributed by atoms with Crippen LogP contribution in [0.5, 0.6) is 0 Å². The van der Waals surface area contributed by atoms with Gasteiger partial charge in [0.05, 0.1) is 5.69 Å². The summed E-state index contributed by atoms with van der Waals surface area (Å²) in [5.41, 5.74) is -0.126. The number of nitrogens with zero attached hydrogens (tertiary/aromatic N) is 3. The number of carbonyl (C=O) groups excluding carboxylic acids is 1. The number of halogens is 1. The lowest BCUT2D eigenvalue weighted by Gasteiger charge is -2.31. The van der Waals surface area contributed by atoms with Gasteiger partial charge in [0.25, 0.3) is 0 Å². The van der Waals surface area contributed by atoms with Crippen molar-refractivity contribution in [3.63, 3.8) is 0 Å². The van der Waals surface area contributed by atoms with Crippen molar-refractivity contribution in [1.82, 2.24) is 9.21 Å². The summed E-state index contributed by atoms with van der Waals surface area (Å²) >= 11 is 0. The van der Waals surface area contributed by atoms with E-state index in [0.29, 0.717) is 0 Å². The van der Waals surface area contributed by atoms with Crippen LogP contribution < -0.4 is 4.31 Å². The van der Waals surface area contributed by atoms with Crippen LogP contribution in [0.2, 0.25) is 0 Å². The van der Waals surface area contributed by atoms with Gasteiger partial charge >= 0.3 is 10.2 Å². The summed E-state index contributed by atoms with van der Waals surface area (Å²) in [7, 11) is 0.404. The molecule has 2 rings (SSSR count). The molecule has 0 bridgehead atoms. The Morgan fingerprint density at radius 1 is 1.17 bits per heavy atom. The molecule has 1 aromatic rings. The molecular weight excluding hydrogens is 333 g/mol. The van der Waals surface area contributed by atoms with Gasteiger partial charge in [0, 0.05) is 27.2 Å². The zero-order valence-electron chi connectivity index (χ0n) is 14.3. The normalized spacial score (nSPS) is 15.7. The highest BCUT2D eigenvalue weighted by molar-refractivity contribution is 7.90. The first-order chi connectivity index (χ1) is 11.2. The third-order valence-electron chi connectivity index (χ3n) is 4.41. The molecule has 0 aromatic heterocycles. The molecule has 24 heavy (non-hydrogen) atoms. The predicted molar refractivity (Wildman–Crippen MR) is 91.4 cm³/mol. The van der Waals surface area contributed by atoms with Crippen molar-refractivity contribution in [3.8, 4) is 0 Å². The minimum Gasteiger partial charge on any atom is -0.341 e. The Labute approximate surface area is 143 Å². The fourth-order valence-electron chi connectivity index (χ4n) is 2.87. The van der Waals surface area contributed by atoms with E-state index in [1.807, 2.05) is 0 Å². The molecule has 1 saturated carbocycles. The number of benzene rings is 1. The number of anilines is 1. The molecule has 0 N–H and O–H groups in total. The Morgan fingerprint density at radius 3 is 2.29 bits per heavy atom. The van der Waals surface area contributed by atoms with Crippen molar-refractivity contribution in [3.05, 3.63) is 30.1 Å². The highest BCUT2D eigenvalue weighted by Gasteiger charge is 2.32. The summed E-state index contributed by atoms with van der Waals surface area (Å²) < 4.78 is 41.1. The molecular formula is C16H24FN3O3S. The van der Waals surface area contributed by atoms with Crippen molar-refractivity contribution < 1.29 is 17.6 Å². The summed E-state index contributed by atoms with van der Waals surface area (Å²) in [4.78, 5) is 14.2. The first-order valence-electron chi connectivity index (χ1n) is 7.95. The maximum absolute atomic E-state index is 14.1. The summed E-state index contributed by atoms with van der Waals surface area (Å²) in [6.07, 6.45) is 3.97. The van der Waals surface area contributed by atoms with Crippen molar-refractivity contribution in [2.45, 2.75) is 31.7 Å². The molecule has 1 fully saturated rings. The molecule has 0 atom stereocenters. The molecule has 1 aromatic carbocycles. The molecule has 0 unspecified atom stereocenters. The summed E-state index contributed by atoms with van der Waals surface area (Å²) in [5, 5.41) is 0. The molecule has 0 aliphatic heterocycles. The van der Waals surface area contributed by atoms with E-state index in [0.717, 1.165) is 34.3 Å². The number of hydrogen-bond donors (Lipinski definition) is 0. The minimum atomic E-state index is -3.99. The number of rotatable bonds is 6. The maximum atomic E-state index is 14.1. The van der Waals surface area contributed by atoms with E-state index in [4.69, 9.17) is 0 Å². The first-order valence-corrected chi connectivity index (χ1v) is 9.35. The van der Waals surface area contributed by atoms with Crippen LogP contribution in [0.15, 0.2) is 24.3 Å². The van der Waals surface area contributed by atoms with Gasteiger partial charge in [0.1, 0.15) is 12.4 Å². The summed E-state index contributed by atoms with van der Waals surface area (Å²) in [6, 6.07) is 5.69. The highest BCUT2D eigenvalue weighted by Crippen LogP contribution is 2.25. The number of carbonyl (C=O) groups is 1. The van der Waals surface area contributed by atoms with Gasteiger partial charge in [0.2, 0.25) is 5.91 Å².